The van der Waals surface area contributed by atoms with E-state index in [9.17, 15) is 4.79 Å². The van der Waals surface area contributed by atoms with Gasteiger partial charge in [-0.25, -0.2) is 0 Å². The summed E-state index contributed by atoms with van der Waals surface area (Å²) in [4.78, 5) is 24.9. The molecule has 4 nitrogen and oxygen atoms in total. The van der Waals surface area contributed by atoms with Gasteiger partial charge in [0.25, 0.3) is 0 Å². The van der Waals surface area contributed by atoms with Gasteiger partial charge in [0.2, 0.25) is 0 Å². The fourth-order valence-corrected chi connectivity index (χ4v) is 2.81. The summed E-state index contributed by atoms with van der Waals surface area (Å²) < 4.78 is 5.47. The summed E-state index contributed by atoms with van der Waals surface area (Å²) in [6, 6.07) is 4.09. The van der Waals surface area contributed by atoms with Crippen molar-refractivity contribution in [2.75, 3.05) is 0 Å². The third kappa shape index (κ3) is 8.54. The molecule has 0 N–H and O–H groups in total. The lowest BCUT2D eigenvalue weighted by molar-refractivity contribution is -0.327. The first kappa shape index (κ1) is 21.7. The Morgan fingerprint density at radius 2 is 1.68 bits per heavy atom. The highest BCUT2D eigenvalue weighted by Crippen LogP contribution is 2.23. The van der Waals surface area contributed by atoms with Crippen molar-refractivity contribution in [2.24, 2.45) is 0 Å². The third-order valence-corrected chi connectivity index (χ3v) is 5.29. The minimum absolute atomic E-state index is 0.148. The molecule has 0 aliphatic carbocycles. The van der Waals surface area contributed by atoms with E-state index in [0.29, 0.717) is 25.0 Å². The van der Waals surface area contributed by atoms with Crippen molar-refractivity contribution < 1.29 is 19.3 Å². The maximum atomic E-state index is 11.9. The van der Waals surface area contributed by atoms with Crippen molar-refractivity contribution in [3.63, 3.8) is 0 Å². The number of carbonyl (C=O) groups is 1. The standard InChI is InChI=1S/C20H32O4S/c1-8-19(4,5)22-18(21)13-12-16-10-11-17(25-16)14-15(3)23-24-20(6,7)9-2/h10-11H,3,8-9,12-14H2,1-2,4-7H3. The van der Waals surface area contributed by atoms with Crippen molar-refractivity contribution in [3.05, 3.63) is 34.2 Å². The monoisotopic (exact) mass is 368 g/mol. The Morgan fingerprint density at radius 1 is 1.08 bits per heavy atom. The molecule has 0 saturated carbocycles. The van der Waals surface area contributed by atoms with Crippen LogP contribution in [0.3, 0.4) is 0 Å². The zero-order valence-corrected chi connectivity index (χ0v) is 17.3. The first-order chi connectivity index (χ1) is 11.6. The largest absolute Gasteiger partial charge is 0.460 e. The lowest BCUT2D eigenvalue weighted by Gasteiger charge is -2.23. The summed E-state index contributed by atoms with van der Waals surface area (Å²) in [5.74, 6) is 0.434. The maximum absolute atomic E-state index is 11.9. The molecule has 142 valence electrons. The predicted octanol–water partition coefficient (Wildman–Crippen LogP) is 5.61. The molecule has 1 aromatic heterocycles. The van der Waals surface area contributed by atoms with E-state index in [1.165, 1.54) is 0 Å². The highest BCUT2D eigenvalue weighted by molar-refractivity contribution is 7.12. The minimum Gasteiger partial charge on any atom is -0.460 e. The molecule has 0 spiro atoms. The van der Waals surface area contributed by atoms with Gasteiger partial charge in [0.1, 0.15) is 17.0 Å². The van der Waals surface area contributed by atoms with Gasteiger partial charge in [0, 0.05) is 16.2 Å². The predicted molar refractivity (Wildman–Crippen MR) is 102 cm³/mol. The molecular formula is C20H32O4S. The van der Waals surface area contributed by atoms with E-state index in [1.54, 1.807) is 11.3 Å². The smallest absolute Gasteiger partial charge is 0.306 e. The van der Waals surface area contributed by atoms with Crippen LogP contribution in [0.5, 0.6) is 0 Å². The van der Waals surface area contributed by atoms with Gasteiger partial charge < -0.3 is 9.62 Å². The van der Waals surface area contributed by atoms with Crippen LogP contribution in [0.2, 0.25) is 0 Å². The van der Waals surface area contributed by atoms with E-state index in [-0.39, 0.29) is 17.2 Å². The van der Waals surface area contributed by atoms with E-state index in [4.69, 9.17) is 14.5 Å². The average Bonchev–Trinajstić information content (AvgIpc) is 2.98. The van der Waals surface area contributed by atoms with Crippen LogP contribution < -0.4 is 0 Å². The molecule has 25 heavy (non-hydrogen) atoms. The van der Waals surface area contributed by atoms with Crippen molar-refractivity contribution >= 4 is 17.3 Å². The molecule has 1 rings (SSSR count). The maximum Gasteiger partial charge on any atom is 0.306 e. The number of aryl methyl sites for hydroxylation is 1. The molecule has 1 heterocycles. The number of ether oxygens (including phenoxy) is 1. The number of thiophene rings is 1. The van der Waals surface area contributed by atoms with Crippen LogP contribution in [0.4, 0.5) is 0 Å². The molecule has 0 saturated heterocycles. The Balaban J connectivity index is 2.41. The Morgan fingerprint density at radius 3 is 2.28 bits per heavy atom. The van der Waals surface area contributed by atoms with Gasteiger partial charge in [-0.15, -0.1) is 11.3 Å². The second kappa shape index (κ2) is 9.39. The molecule has 5 heteroatoms. The van der Waals surface area contributed by atoms with Gasteiger partial charge >= 0.3 is 5.97 Å². The summed E-state index contributed by atoms with van der Waals surface area (Å²) >= 11 is 1.66. The highest BCUT2D eigenvalue weighted by atomic mass is 32.1. The van der Waals surface area contributed by atoms with E-state index < -0.39 is 0 Å². The number of carbonyl (C=O) groups excluding carboxylic acids is 1. The molecule has 0 aliphatic heterocycles. The van der Waals surface area contributed by atoms with Crippen molar-refractivity contribution in [3.8, 4) is 0 Å². The molecule has 1 aromatic rings. The summed E-state index contributed by atoms with van der Waals surface area (Å²) in [6.45, 7) is 15.8. The number of hydrogen-bond acceptors (Lipinski definition) is 5. The van der Waals surface area contributed by atoms with E-state index in [1.807, 2.05) is 53.7 Å². The lowest BCUT2D eigenvalue weighted by atomic mass is 10.1. The molecule has 0 amide bonds. The molecule has 0 aromatic carbocycles. The van der Waals surface area contributed by atoms with Gasteiger partial charge in [0.05, 0.1) is 6.42 Å². The Labute approximate surface area is 156 Å². The van der Waals surface area contributed by atoms with Crippen LogP contribution in [0.15, 0.2) is 24.5 Å². The third-order valence-electron chi connectivity index (χ3n) is 4.14. The molecule has 0 radical (unpaired) electrons. The SMILES string of the molecule is C=C(Cc1ccc(CCC(=O)OC(C)(C)CC)s1)OOC(C)(C)CC. The average molecular weight is 369 g/mol. The number of esters is 1. The molecule has 0 unspecified atom stereocenters. The van der Waals surface area contributed by atoms with E-state index in [2.05, 4.69) is 6.58 Å². The Kier molecular flexibility index (Phi) is 8.16. The van der Waals surface area contributed by atoms with Crippen LogP contribution >= 0.6 is 11.3 Å². The van der Waals surface area contributed by atoms with Gasteiger partial charge in [-0.3, -0.25) is 4.79 Å². The quantitative estimate of drug-likeness (QED) is 0.220. The Hall–Kier alpha value is -1.33. The van der Waals surface area contributed by atoms with Gasteiger partial charge in [-0.2, -0.15) is 4.89 Å². The van der Waals surface area contributed by atoms with Crippen LogP contribution in [0.1, 0.15) is 70.6 Å². The van der Waals surface area contributed by atoms with E-state index >= 15 is 0 Å². The number of allylic oxidation sites excluding steroid dienone is 1. The van der Waals surface area contributed by atoms with Gasteiger partial charge in [-0.1, -0.05) is 20.4 Å². The van der Waals surface area contributed by atoms with Crippen LogP contribution in [0.25, 0.3) is 0 Å². The minimum atomic E-state index is -0.390. The number of rotatable bonds is 11. The summed E-state index contributed by atoms with van der Waals surface area (Å²) in [7, 11) is 0. The van der Waals surface area contributed by atoms with E-state index in [0.717, 1.165) is 22.6 Å². The summed E-state index contributed by atoms with van der Waals surface area (Å²) in [5.41, 5.74) is -0.713. The normalized spacial score (nSPS) is 12.1. The van der Waals surface area contributed by atoms with Crippen LogP contribution in [-0.4, -0.2) is 17.2 Å². The van der Waals surface area contributed by atoms with Crippen molar-refractivity contribution in [1.29, 1.82) is 0 Å². The lowest BCUT2D eigenvalue weighted by Crippen LogP contribution is -2.27. The molecule has 0 bridgehead atoms. The van der Waals surface area contributed by atoms with Crippen LogP contribution in [0, 0.1) is 0 Å². The van der Waals surface area contributed by atoms with Gasteiger partial charge in [0.15, 0.2) is 0 Å². The zero-order chi connectivity index (χ0) is 19.1. The summed E-state index contributed by atoms with van der Waals surface area (Å²) in [6.07, 6.45) is 3.36. The fourth-order valence-electron chi connectivity index (χ4n) is 1.76. The van der Waals surface area contributed by atoms with Crippen molar-refractivity contribution in [1.82, 2.24) is 0 Å². The Bertz CT molecular complexity index is 572. The molecule has 0 atom stereocenters. The topological polar surface area (TPSA) is 44.8 Å². The first-order valence-corrected chi connectivity index (χ1v) is 9.71. The molecule has 0 aliphatic rings. The van der Waals surface area contributed by atoms with Crippen LogP contribution in [-0.2, 0) is 32.1 Å². The second-order valence-electron chi connectivity index (χ2n) is 7.45. The molecule has 0 fully saturated rings. The van der Waals surface area contributed by atoms with Gasteiger partial charge in [-0.05, 0) is 59.1 Å². The first-order valence-electron chi connectivity index (χ1n) is 8.90. The zero-order valence-electron chi connectivity index (χ0n) is 16.4. The summed E-state index contributed by atoms with van der Waals surface area (Å²) in [5, 5.41) is 0. The second-order valence-corrected chi connectivity index (χ2v) is 8.70. The fraction of sp³-hybridized carbons (Fsp3) is 0.650. The number of hydrogen-bond donors (Lipinski definition) is 0. The highest BCUT2D eigenvalue weighted by Gasteiger charge is 2.20. The van der Waals surface area contributed by atoms with Crippen molar-refractivity contribution in [2.45, 2.75) is 84.8 Å². The molecular weight excluding hydrogens is 336 g/mol.